The van der Waals surface area contributed by atoms with Crippen LogP contribution in [-0.2, 0) is 25.7 Å². The Labute approximate surface area is 202 Å². The number of amides is 2. The molecule has 2 unspecified atom stereocenters. The van der Waals surface area contributed by atoms with Crippen molar-refractivity contribution in [1.82, 2.24) is 19.8 Å². The zero-order valence-corrected chi connectivity index (χ0v) is 20.1. The minimum atomic E-state index is -2.55. The molecule has 0 saturated carbocycles. The Morgan fingerprint density at radius 3 is 2.56 bits per heavy atom. The van der Waals surface area contributed by atoms with Gasteiger partial charge < -0.3 is 20.0 Å². The Morgan fingerprint density at radius 2 is 1.85 bits per heavy atom. The highest BCUT2D eigenvalue weighted by Crippen LogP contribution is 2.31. The van der Waals surface area contributed by atoms with Crippen LogP contribution in [-0.4, -0.2) is 75.3 Å². The lowest BCUT2D eigenvalue weighted by atomic mass is 9.93. The molecular formula is C24H31N4O5S-. The van der Waals surface area contributed by atoms with Crippen LogP contribution in [0.5, 0.6) is 0 Å². The number of aldehydes is 1. The zero-order valence-electron chi connectivity index (χ0n) is 19.3. The van der Waals surface area contributed by atoms with Crippen molar-refractivity contribution >= 4 is 40.1 Å². The summed E-state index contributed by atoms with van der Waals surface area (Å²) < 4.78 is 24.5. The fourth-order valence-corrected chi connectivity index (χ4v) is 4.97. The van der Waals surface area contributed by atoms with Gasteiger partial charge >= 0.3 is 0 Å². The number of hydrogen-bond acceptors (Lipinski definition) is 6. The number of likely N-dealkylation sites (tertiary alicyclic amines) is 1. The summed E-state index contributed by atoms with van der Waals surface area (Å²) in [5, 5.41) is 7.15. The summed E-state index contributed by atoms with van der Waals surface area (Å²) in [4.78, 5) is 36.3. The number of carbonyl (C=O) groups excluding carboxylic acids is 3. The fraction of sp³-hybridized carbons (Fsp3) is 0.458. The molecule has 2 N–H and O–H groups in total. The van der Waals surface area contributed by atoms with Gasteiger partial charge in [0, 0.05) is 23.9 Å². The van der Waals surface area contributed by atoms with Crippen molar-refractivity contribution in [2.75, 3.05) is 39.3 Å². The van der Waals surface area contributed by atoms with E-state index < -0.39 is 23.1 Å². The van der Waals surface area contributed by atoms with E-state index in [1.165, 1.54) is 16.3 Å². The van der Waals surface area contributed by atoms with E-state index in [0.29, 0.717) is 6.29 Å². The van der Waals surface area contributed by atoms with Gasteiger partial charge in [0.25, 0.3) is 0 Å². The van der Waals surface area contributed by atoms with Crippen molar-refractivity contribution < 1.29 is 23.1 Å². The van der Waals surface area contributed by atoms with E-state index in [4.69, 9.17) is 0 Å². The molecule has 1 aliphatic heterocycles. The monoisotopic (exact) mass is 487 g/mol. The van der Waals surface area contributed by atoms with Gasteiger partial charge in [0.15, 0.2) is 0 Å². The number of nitrogens with zero attached hydrogens (tertiary/aromatic N) is 2. The molecule has 2 amide bonds. The molecule has 0 bridgehead atoms. The smallest absolute Gasteiger partial charge is 0.239 e. The van der Waals surface area contributed by atoms with Gasteiger partial charge in [-0.05, 0) is 55.1 Å². The average Bonchev–Trinajstić information content (AvgIpc) is 2.85. The summed E-state index contributed by atoms with van der Waals surface area (Å²) in [5.41, 5.74) is 1.28. The second-order valence-corrected chi connectivity index (χ2v) is 9.46. The Morgan fingerprint density at radius 1 is 1.15 bits per heavy atom. The predicted molar refractivity (Wildman–Crippen MR) is 129 cm³/mol. The highest BCUT2D eigenvalue weighted by atomic mass is 32.2. The fourth-order valence-electron chi connectivity index (χ4n) is 4.41. The molecule has 34 heavy (non-hydrogen) atoms. The highest BCUT2D eigenvalue weighted by molar-refractivity contribution is 7.76. The number of fused-ring (bicyclic) bond motifs is 1. The minimum Gasteiger partial charge on any atom is -0.760 e. The van der Waals surface area contributed by atoms with Gasteiger partial charge in [0.05, 0.1) is 19.6 Å². The zero-order chi connectivity index (χ0) is 24.5. The van der Waals surface area contributed by atoms with Gasteiger partial charge in [0.1, 0.15) is 6.29 Å². The normalized spacial score (nSPS) is 16.8. The summed E-state index contributed by atoms with van der Waals surface area (Å²) in [7, 11) is 0. The molecule has 0 aromatic heterocycles. The number of piperidine rings is 1. The number of rotatable bonds is 11. The molecule has 2 aromatic carbocycles. The van der Waals surface area contributed by atoms with Gasteiger partial charge in [-0.1, -0.05) is 42.5 Å². The lowest BCUT2D eigenvalue weighted by Crippen LogP contribution is -2.45. The van der Waals surface area contributed by atoms with Gasteiger partial charge in [-0.15, -0.1) is 0 Å². The molecule has 3 rings (SSSR count). The molecule has 1 heterocycles. The third-order valence-corrected chi connectivity index (χ3v) is 6.99. The molecule has 1 fully saturated rings. The third-order valence-electron chi connectivity index (χ3n) is 6.29. The summed E-state index contributed by atoms with van der Waals surface area (Å²) in [5.74, 6) is -0.923. The Balaban J connectivity index is 1.50. The Hall–Kier alpha value is -2.66. The summed E-state index contributed by atoms with van der Waals surface area (Å²) in [6.45, 7) is 3.37. The first-order chi connectivity index (χ1) is 16.4. The molecule has 10 heteroatoms. The quantitative estimate of drug-likeness (QED) is 0.362. The van der Waals surface area contributed by atoms with Gasteiger partial charge in [-0.3, -0.25) is 18.7 Å². The van der Waals surface area contributed by atoms with Crippen LogP contribution in [0.1, 0.15) is 31.4 Å². The van der Waals surface area contributed by atoms with Gasteiger partial charge in [0.2, 0.25) is 11.8 Å². The van der Waals surface area contributed by atoms with Crippen LogP contribution in [0.2, 0.25) is 0 Å². The van der Waals surface area contributed by atoms with Gasteiger partial charge in [-0.2, -0.15) is 0 Å². The van der Waals surface area contributed by atoms with E-state index >= 15 is 0 Å². The minimum absolute atomic E-state index is 0.136. The second-order valence-electron chi connectivity index (χ2n) is 8.51. The van der Waals surface area contributed by atoms with Crippen molar-refractivity contribution in [2.45, 2.75) is 25.8 Å². The van der Waals surface area contributed by atoms with Crippen LogP contribution in [0.4, 0.5) is 0 Å². The van der Waals surface area contributed by atoms with Crippen molar-refractivity contribution in [3.63, 3.8) is 0 Å². The van der Waals surface area contributed by atoms with E-state index in [1.807, 2.05) is 6.07 Å². The van der Waals surface area contributed by atoms with Crippen molar-refractivity contribution in [3.05, 3.63) is 48.0 Å². The van der Waals surface area contributed by atoms with E-state index in [0.717, 1.165) is 30.2 Å². The standard InChI is InChI=1S/C24H32N4O5S/c1-18(21-8-4-6-20-5-2-3-7-22(20)21)27-12-9-19(10-13-27)16-28(34(32)33)17-24(31)26-15-23(30)25-11-14-29/h2-8,14,18-19H,9-13,15-17H2,1H3,(H,25,30)(H,26,31)(H,32,33)/p-1. The third kappa shape index (κ3) is 7.17. The maximum absolute atomic E-state index is 12.1. The van der Waals surface area contributed by atoms with E-state index in [-0.39, 0.29) is 38.1 Å². The van der Waals surface area contributed by atoms with Gasteiger partial charge in [-0.25, -0.2) is 4.31 Å². The average molecular weight is 488 g/mol. The van der Waals surface area contributed by atoms with Crippen LogP contribution < -0.4 is 10.6 Å². The summed E-state index contributed by atoms with van der Waals surface area (Å²) in [6, 6.07) is 15.0. The maximum Gasteiger partial charge on any atom is 0.239 e. The van der Waals surface area contributed by atoms with E-state index in [9.17, 15) is 23.1 Å². The van der Waals surface area contributed by atoms with Crippen LogP contribution in [0, 0.1) is 5.92 Å². The first-order valence-corrected chi connectivity index (χ1v) is 12.4. The SMILES string of the molecule is CC(c1cccc2ccccc12)N1CCC(CN(CC(=O)NCC(=O)NCC=O)S(=O)[O-])CC1. The number of nitrogens with one attached hydrogen (secondary N) is 2. The maximum atomic E-state index is 12.1. The first kappa shape index (κ1) is 26.0. The second kappa shape index (κ2) is 12.7. The predicted octanol–water partition coefficient (Wildman–Crippen LogP) is 1.14. The molecule has 1 saturated heterocycles. The van der Waals surface area contributed by atoms with Crippen LogP contribution >= 0.6 is 0 Å². The van der Waals surface area contributed by atoms with Crippen LogP contribution in [0.15, 0.2) is 42.5 Å². The van der Waals surface area contributed by atoms with E-state index in [1.54, 1.807) is 0 Å². The van der Waals surface area contributed by atoms with Crippen molar-refractivity contribution in [2.24, 2.45) is 5.92 Å². The number of benzene rings is 2. The molecule has 184 valence electrons. The van der Waals surface area contributed by atoms with Crippen LogP contribution in [0.3, 0.4) is 0 Å². The van der Waals surface area contributed by atoms with Crippen molar-refractivity contribution in [3.8, 4) is 0 Å². The lowest BCUT2D eigenvalue weighted by Gasteiger charge is -2.38. The topological polar surface area (TPSA) is 122 Å². The number of hydrogen-bond donors (Lipinski definition) is 2. The number of carbonyl (C=O) groups is 3. The van der Waals surface area contributed by atoms with Crippen LogP contribution in [0.25, 0.3) is 10.8 Å². The van der Waals surface area contributed by atoms with Crippen molar-refractivity contribution in [1.29, 1.82) is 0 Å². The molecule has 1 aliphatic rings. The largest absolute Gasteiger partial charge is 0.760 e. The molecule has 0 spiro atoms. The molecule has 9 nitrogen and oxygen atoms in total. The Kier molecular flexibility index (Phi) is 9.70. The highest BCUT2D eigenvalue weighted by Gasteiger charge is 2.26. The summed E-state index contributed by atoms with van der Waals surface area (Å²) >= 11 is -2.55. The lowest BCUT2D eigenvalue weighted by molar-refractivity contribution is -0.126. The first-order valence-electron chi connectivity index (χ1n) is 11.4. The molecule has 0 aliphatic carbocycles. The summed E-state index contributed by atoms with van der Waals surface area (Å²) in [6.07, 6.45) is 2.20. The molecule has 2 aromatic rings. The molecule has 2 atom stereocenters. The molecular weight excluding hydrogens is 456 g/mol. The Bertz CT molecular complexity index is 1020. The molecule has 0 radical (unpaired) electrons. The van der Waals surface area contributed by atoms with E-state index in [2.05, 4.69) is 58.9 Å².